The molecule has 1 aliphatic heterocycles. The molecule has 1 N–H and O–H groups in total. The van der Waals surface area contributed by atoms with Gasteiger partial charge in [-0.1, -0.05) is 41.9 Å². The summed E-state index contributed by atoms with van der Waals surface area (Å²) in [6.45, 7) is 9.96. The summed E-state index contributed by atoms with van der Waals surface area (Å²) in [6, 6.07) is 13.9. The fraction of sp³-hybridized carbons (Fsp3) is 0.308. The second-order valence-corrected chi connectivity index (χ2v) is 10.5. The first-order valence-corrected chi connectivity index (χ1v) is 12.7. The molecule has 1 fully saturated rings. The van der Waals surface area contributed by atoms with Gasteiger partial charge in [-0.2, -0.15) is 0 Å². The van der Waals surface area contributed by atoms with Crippen LogP contribution in [0.1, 0.15) is 21.7 Å². The van der Waals surface area contributed by atoms with Crippen LogP contribution in [0.4, 0.5) is 10.5 Å². The summed E-state index contributed by atoms with van der Waals surface area (Å²) in [5.74, 6) is 0. The number of hydrogen-bond acceptors (Lipinski definition) is 4. The minimum absolute atomic E-state index is 0.0286. The van der Waals surface area contributed by atoms with Crippen LogP contribution >= 0.6 is 22.9 Å². The van der Waals surface area contributed by atoms with E-state index in [2.05, 4.69) is 27.7 Å². The molecule has 6 nitrogen and oxygen atoms in total. The molecule has 1 saturated heterocycles. The summed E-state index contributed by atoms with van der Waals surface area (Å²) in [5, 5.41) is 3.84. The summed E-state index contributed by atoms with van der Waals surface area (Å²) < 4.78 is 2.21. The quantitative estimate of drug-likeness (QED) is 0.380. The third-order valence-corrected chi connectivity index (χ3v) is 7.55. The molecule has 2 aromatic carbocycles. The molecule has 2 amide bonds. The lowest BCUT2D eigenvalue weighted by molar-refractivity contribution is 0.142. The van der Waals surface area contributed by atoms with Gasteiger partial charge in [0.05, 0.1) is 11.4 Å². The number of amides is 2. The zero-order valence-corrected chi connectivity index (χ0v) is 21.2. The Morgan fingerprint density at radius 3 is 2.38 bits per heavy atom. The average Bonchev–Trinajstić information content (AvgIpc) is 3.34. The Balaban J connectivity index is 1.30. The smallest absolute Gasteiger partial charge is 0.321 e. The van der Waals surface area contributed by atoms with Gasteiger partial charge in [-0.05, 0) is 44.0 Å². The van der Waals surface area contributed by atoms with Gasteiger partial charge in [-0.15, -0.1) is 11.3 Å². The van der Waals surface area contributed by atoms with Crippen molar-refractivity contribution < 1.29 is 4.79 Å². The number of rotatable bonds is 4. The van der Waals surface area contributed by atoms with Gasteiger partial charge in [0.1, 0.15) is 0 Å². The molecular weight excluding hydrogens is 466 g/mol. The largest absolute Gasteiger partial charge is 0.322 e. The Morgan fingerprint density at radius 1 is 1.03 bits per heavy atom. The standard InChI is InChI=1S/C26H28ClN5OS/c1-17-5-4-6-18(2)23(17)28-25(33)31-13-11-30(12-14-31)16-22-24(20-7-9-21(27)10-8-20)29-26-32(22)15-19(3)34-26/h4-10,15H,11-14,16H2,1-3H3,(H,28,33). The molecule has 0 aliphatic carbocycles. The molecule has 4 aromatic rings. The maximum Gasteiger partial charge on any atom is 0.321 e. The molecule has 176 valence electrons. The Kier molecular flexibility index (Phi) is 6.34. The SMILES string of the molecule is Cc1cn2c(CN3CCN(C(=O)Nc4c(C)cccc4C)CC3)c(-c3ccc(Cl)cc3)nc2s1. The number of hydrogen-bond donors (Lipinski definition) is 1. The Bertz CT molecular complexity index is 1320. The van der Waals surface area contributed by atoms with Gasteiger partial charge in [0, 0.05) is 60.1 Å². The molecule has 3 heterocycles. The van der Waals surface area contributed by atoms with Gasteiger partial charge in [0.2, 0.25) is 0 Å². The Morgan fingerprint density at radius 2 is 1.71 bits per heavy atom. The van der Waals surface area contributed by atoms with Gasteiger partial charge in [0.25, 0.3) is 0 Å². The molecule has 34 heavy (non-hydrogen) atoms. The highest BCUT2D eigenvalue weighted by Gasteiger charge is 2.24. The lowest BCUT2D eigenvalue weighted by Gasteiger charge is -2.34. The predicted octanol–water partition coefficient (Wildman–Crippen LogP) is 5.99. The average molecular weight is 494 g/mol. The topological polar surface area (TPSA) is 52.9 Å². The molecule has 0 unspecified atom stereocenters. The first kappa shape index (κ1) is 22.9. The molecule has 0 radical (unpaired) electrons. The maximum atomic E-state index is 12.9. The molecule has 0 spiro atoms. The summed E-state index contributed by atoms with van der Waals surface area (Å²) in [6.07, 6.45) is 2.16. The second-order valence-electron chi connectivity index (χ2n) is 8.87. The lowest BCUT2D eigenvalue weighted by atomic mass is 10.1. The van der Waals surface area contributed by atoms with Crippen molar-refractivity contribution in [1.29, 1.82) is 0 Å². The summed E-state index contributed by atoms with van der Waals surface area (Å²) >= 11 is 7.81. The number of urea groups is 1. The monoisotopic (exact) mass is 493 g/mol. The maximum absolute atomic E-state index is 12.9. The zero-order chi connectivity index (χ0) is 23.8. The van der Waals surface area contributed by atoms with E-state index in [0.717, 1.165) is 57.7 Å². The zero-order valence-electron chi connectivity index (χ0n) is 19.6. The molecule has 5 rings (SSSR count). The number of carbonyl (C=O) groups excluding carboxylic acids is 1. The number of piperazine rings is 1. The van der Waals surface area contributed by atoms with Crippen molar-refractivity contribution in [2.24, 2.45) is 0 Å². The highest BCUT2D eigenvalue weighted by atomic mass is 35.5. The minimum Gasteiger partial charge on any atom is -0.322 e. The summed E-state index contributed by atoms with van der Waals surface area (Å²) in [7, 11) is 0. The van der Waals surface area contributed by atoms with Crippen LogP contribution in [0, 0.1) is 20.8 Å². The number of carbonyl (C=O) groups is 1. The summed E-state index contributed by atoms with van der Waals surface area (Å²) in [5.41, 5.74) is 6.32. The van der Waals surface area contributed by atoms with Gasteiger partial charge >= 0.3 is 6.03 Å². The molecule has 1 aliphatic rings. The van der Waals surface area contributed by atoms with E-state index in [1.165, 1.54) is 10.6 Å². The van der Waals surface area contributed by atoms with Gasteiger partial charge in [-0.25, -0.2) is 9.78 Å². The van der Waals surface area contributed by atoms with Crippen LogP contribution in [-0.2, 0) is 6.54 Å². The Hall–Kier alpha value is -2.87. The number of halogens is 1. The number of anilines is 1. The molecule has 0 atom stereocenters. The van der Waals surface area contributed by atoms with Crippen molar-refractivity contribution in [2.45, 2.75) is 27.3 Å². The van der Waals surface area contributed by atoms with Gasteiger partial charge in [-0.3, -0.25) is 9.30 Å². The van der Waals surface area contributed by atoms with Crippen LogP contribution in [0.3, 0.4) is 0 Å². The van der Waals surface area contributed by atoms with Crippen LogP contribution in [-0.4, -0.2) is 51.4 Å². The fourth-order valence-corrected chi connectivity index (χ4v) is 5.48. The van der Waals surface area contributed by atoms with E-state index in [1.807, 2.05) is 61.2 Å². The Labute approximate surface area is 208 Å². The van der Waals surface area contributed by atoms with Gasteiger partial charge < -0.3 is 10.2 Å². The van der Waals surface area contributed by atoms with Crippen molar-refractivity contribution in [1.82, 2.24) is 19.2 Å². The van der Waals surface area contributed by atoms with E-state index < -0.39 is 0 Å². The fourth-order valence-electron chi connectivity index (χ4n) is 4.51. The number of thiazole rings is 1. The van der Waals surface area contributed by atoms with E-state index in [4.69, 9.17) is 16.6 Å². The van der Waals surface area contributed by atoms with Gasteiger partial charge in [0.15, 0.2) is 4.96 Å². The number of nitrogens with zero attached hydrogens (tertiary/aromatic N) is 4. The number of imidazole rings is 1. The normalized spacial score (nSPS) is 14.6. The highest BCUT2D eigenvalue weighted by molar-refractivity contribution is 7.17. The van der Waals surface area contributed by atoms with Crippen molar-refractivity contribution in [3.8, 4) is 11.3 Å². The molecule has 2 aromatic heterocycles. The lowest BCUT2D eigenvalue weighted by Crippen LogP contribution is -2.49. The first-order chi connectivity index (χ1) is 16.4. The second kappa shape index (κ2) is 9.41. The molecule has 0 bridgehead atoms. The van der Waals surface area contributed by atoms with Crippen molar-refractivity contribution in [3.63, 3.8) is 0 Å². The van der Waals surface area contributed by atoms with E-state index in [9.17, 15) is 4.79 Å². The number of fused-ring (bicyclic) bond motifs is 1. The highest BCUT2D eigenvalue weighted by Crippen LogP contribution is 2.30. The van der Waals surface area contributed by atoms with Crippen LogP contribution in [0.5, 0.6) is 0 Å². The minimum atomic E-state index is -0.0286. The molecular formula is C26H28ClN5OS. The molecule has 0 saturated carbocycles. The number of aromatic nitrogens is 2. The van der Waals surface area contributed by atoms with E-state index in [1.54, 1.807) is 11.3 Å². The number of nitrogens with one attached hydrogen (secondary N) is 1. The van der Waals surface area contributed by atoms with Crippen LogP contribution in [0.15, 0.2) is 48.7 Å². The number of benzene rings is 2. The van der Waals surface area contributed by atoms with E-state index in [0.29, 0.717) is 13.1 Å². The number of para-hydroxylation sites is 1. The summed E-state index contributed by atoms with van der Waals surface area (Å²) in [4.78, 5) is 24.4. The first-order valence-electron chi connectivity index (χ1n) is 11.5. The van der Waals surface area contributed by atoms with Crippen molar-refractivity contribution >= 4 is 39.6 Å². The van der Waals surface area contributed by atoms with E-state index in [-0.39, 0.29) is 6.03 Å². The third kappa shape index (κ3) is 4.56. The predicted molar refractivity (Wildman–Crippen MR) is 140 cm³/mol. The van der Waals surface area contributed by atoms with E-state index >= 15 is 0 Å². The van der Waals surface area contributed by atoms with Crippen molar-refractivity contribution in [2.75, 3.05) is 31.5 Å². The third-order valence-electron chi connectivity index (χ3n) is 6.40. The van der Waals surface area contributed by atoms with Crippen LogP contribution < -0.4 is 5.32 Å². The van der Waals surface area contributed by atoms with Crippen LogP contribution in [0.2, 0.25) is 5.02 Å². The van der Waals surface area contributed by atoms with Crippen LogP contribution in [0.25, 0.3) is 16.2 Å². The molecule has 8 heteroatoms. The van der Waals surface area contributed by atoms with Crippen molar-refractivity contribution in [3.05, 3.63) is 75.4 Å². The number of aryl methyl sites for hydroxylation is 3.